The van der Waals surface area contributed by atoms with Gasteiger partial charge in [-0.3, -0.25) is 0 Å². The van der Waals surface area contributed by atoms with Gasteiger partial charge in [0.05, 0.1) is 4.75 Å². The summed E-state index contributed by atoms with van der Waals surface area (Å²) in [5.74, 6) is 0. The SMILES string of the molecule is Cc1cc(CF)ccc1NCCCCCNS(=O)(=O)C(C)(C)C. The summed E-state index contributed by atoms with van der Waals surface area (Å²) in [6, 6.07) is 5.54. The molecule has 0 aromatic heterocycles. The molecule has 0 spiro atoms. The molecule has 2 N–H and O–H groups in total. The molecule has 0 saturated carbocycles. The van der Waals surface area contributed by atoms with Crippen LogP contribution in [0.5, 0.6) is 0 Å². The molecule has 23 heavy (non-hydrogen) atoms. The van der Waals surface area contributed by atoms with E-state index in [1.807, 2.05) is 19.1 Å². The third-order valence-electron chi connectivity index (χ3n) is 3.71. The number of anilines is 1. The summed E-state index contributed by atoms with van der Waals surface area (Å²) >= 11 is 0. The summed E-state index contributed by atoms with van der Waals surface area (Å²) in [5, 5.41) is 3.33. The standard InChI is InChI=1S/C17H29FN2O2S/c1-14-12-15(13-18)8-9-16(14)19-10-6-5-7-11-20-23(21,22)17(2,3)4/h8-9,12,19-20H,5-7,10-11,13H2,1-4H3. The number of hydrogen-bond donors (Lipinski definition) is 2. The van der Waals surface area contributed by atoms with Crippen molar-refractivity contribution in [3.05, 3.63) is 29.3 Å². The average Bonchev–Trinajstić information content (AvgIpc) is 2.46. The van der Waals surface area contributed by atoms with Crippen LogP contribution < -0.4 is 10.0 Å². The molecule has 0 amide bonds. The van der Waals surface area contributed by atoms with Crippen molar-refractivity contribution in [3.63, 3.8) is 0 Å². The molecule has 1 aromatic rings. The van der Waals surface area contributed by atoms with Crippen molar-refractivity contribution < 1.29 is 12.8 Å². The number of unbranched alkanes of at least 4 members (excludes halogenated alkanes) is 2. The Morgan fingerprint density at radius 1 is 1.09 bits per heavy atom. The maximum absolute atomic E-state index is 12.6. The third-order valence-corrected chi connectivity index (χ3v) is 5.91. The highest BCUT2D eigenvalue weighted by atomic mass is 32.2. The van der Waals surface area contributed by atoms with Crippen LogP contribution in [0.4, 0.5) is 10.1 Å². The monoisotopic (exact) mass is 344 g/mol. The molecular weight excluding hydrogens is 315 g/mol. The minimum Gasteiger partial charge on any atom is -0.385 e. The molecule has 0 unspecified atom stereocenters. The minimum absolute atomic E-state index is 0.439. The van der Waals surface area contributed by atoms with Crippen molar-refractivity contribution in [1.82, 2.24) is 4.72 Å². The van der Waals surface area contributed by atoms with Gasteiger partial charge in [-0.2, -0.15) is 0 Å². The molecule has 6 heteroatoms. The number of rotatable bonds is 9. The Bertz CT molecular complexity index is 595. The molecule has 1 rings (SSSR count). The van der Waals surface area contributed by atoms with E-state index in [2.05, 4.69) is 10.0 Å². The van der Waals surface area contributed by atoms with E-state index in [0.29, 0.717) is 12.1 Å². The van der Waals surface area contributed by atoms with Crippen LogP contribution in [0, 0.1) is 6.92 Å². The Morgan fingerprint density at radius 2 is 1.74 bits per heavy atom. The maximum Gasteiger partial charge on any atom is 0.216 e. The van der Waals surface area contributed by atoms with Crippen molar-refractivity contribution in [2.24, 2.45) is 0 Å². The lowest BCUT2D eigenvalue weighted by Crippen LogP contribution is -2.39. The van der Waals surface area contributed by atoms with Gasteiger partial charge in [-0.15, -0.1) is 0 Å². The highest BCUT2D eigenvalue weighted by molar-refractivity contribution is 7.90. The molecule has 0 fully saturated rings. The van der Waals surface area contributed by atoms with E-state index < -0.39 is 21.4 Å². The van der Waals surface area contributed by atoms with Gasteiger partial charge in [0.25, 0.3) is 0 Å². The molecule has 132 valence electrons. The molecule has 1 aromatic carbocycles. The summed E-state index contributed by atoms with van der Waals surface area (Å²) < 4.78 is 38.2. The first-order chi connectivity index (χ1) is 10.7. The van der Waals surface area contributed by atoms with E-state index in [1.54, 1.807) is 26.8 Å². The second-order valence-corrected chi connectivity index (χ2v) is 9.30. The zero-order chi connectivity index (χ0) is 17.5. The predicted octanol–water partition coefficient (Wildman–Crippen LogP) is 3.76. The van der Waals surface area contributed by atoms with Gasteiger partial charge in [-0.05, 0) is 57.7 Å². The van der Waals surface area contributed by atoms with Crippen LogP contribution >= 0.6 is 0 Å². The first kappa shape index (κ1) is 19.9. The number of sulfonamides is 1. The van der Waals surface area contributed by atoms with E-state index in [9.17, 15) is 12.8 Å². The van der Waals surface area contributed by atoms with Gasteiger partial charge < -0.3 is 5.32 Å². The molecule has 0 bridgehead atoms. The van der Waals surface area contributed by atoms with Crippen LogP contribution in [-0.4, -0.2) is 26.3 Å². The van der Waals surface area contributed by atoms with Crippen molar-refractivity contribution in [1.29, 1.82) is 0 Å². The number of aryl methyl sites for hydroxylation is 1. The topological polar surface area (TPSA) is 58.2 Å². The average molecular weight is 344 g/mol. The van der Waals surface area contributed by atoms with Crippen LogP contribution in [0.3, 0.4) is 0 Å². The molecule has 0 atom stereocenters. The summed E-state index contributed by atoms with van der Waals surface area (Å²) in [5.41, 5.74) is 2.76. The summed E-state index contributed by atoms with van der Waals surface area (Å²) in [6.07, 6.45) is 2.72. The Labute approximate surface area is 139 Å². The smallest absolute Gasteiger partial charge is 0.216 e. The van der Waals surface area contributed by atoms with E-state index in [4.69, 9.17) is 0 Å². The Kier molecular flexibility index (Phi) is 7.48. The van der Waals surface area contributed by atoms with Crippen LogP contribution in [-0.2, 0) is 16.7 Å². The molecule has 0 heterocycles. The second-order valence-electron chi connectivity index (χ2n) is 6.78. The molecule has 0 aliphatic heterocycles. The number of halogens is 1. The Morgan fingerprint density at radius 3 is 2.30 bits per heavy atom. The number of hydrogen-bond acceptors (Lipinski definition) is 3. The third kappa shape index (κ3) is 6.47. The van der Waals surface area contributed by atoms with Gasteiger partial charge in [0.1, 0.15) is 6.67 Å². The fraction of sp³-hybridized carbons (Fsp3) is 0.647. The van der Waals surface area contributed by atoms with Crippen LogP contribution in [0.15, 0.2) is 18.2 Å². The van der Waals surface area contributed by atoms with Crippen LogP contribution in [0.2, 0.25) is 0 Å². The summed E-state index contributed by atoms with van der Waals surface area (Å²) in [4.78, 5) is 0. The normalized spacial score (nSPS) is 12.4. The van der Waals surface area contributed by atoms with Gasteiger partial charge in [0.2, 0.25) is 10.0 Å². The fourth-order valence-corrected chi connectivity index (χ4v) is 2.93. The maximum atomic E-state index is 12.6. The molecule has 4 nitrogen and oxygen atoms in total. The zero-order valence-electron chi connectivity index (χ0n) is 14.6. The highest BCUT2D eigenvalue weighted by Gasteiger charge is 2.27. The number of alkyl halides is 1. The number of nitrogens with one attached hydrogen (secondary N) is 2. The molecule has 0 aliphatic rings. The van der Waals surface area contributed by atoms with Crippen molar-refractivity contribution in [2.45, 2.75) is 58.4 Å². The minimum atomic E-state index is -3.24. The van der Waals surface area contributed by atoms with E-state index in [0.717, 1.165) is 37.1 Å². The van der Waals surface area contributed by atoms with E-state index in [1.165, 1.54) is 0 Å². The largest absolute Gasteiger partial charge is 0.385 e. The zero-order valence-corrected chi connectivity index (χ0v) is 15.4. The quantitative estimate of drug-likeness (QED) is 0.671. The first-order valence-electron chi connectivity index (χ1n) is 8.06. The lowest BCUT2D eigenvalue weighted by Gasteiger charge is -2.19. The lowest BCUT2D eigenvalue weighted by molar-refractivity contribution is 0.485. The fourth-order valence-electron chi connectivity index (χ4n) is 2.08. The molecule has 0 radical (unpaired) electrons. The van der Waals surface area contributed by atoms with Crippen molar-refractivity contribution >= 4 is 15.7 Å². The van der Waals surface area contributed by atoms with Gasteiger partial charge in [0, 0.05) is 18.8 Å². The van der Waals surface area contributed by atoms with Crippen LogP contribution in [0.25, 0.3) is 0 Å². The second kappa shape index (κ2) is 8.64. The molecule has 0 aliphatic carbocycles. The van der Waals surface area contributed by atoms with Crippen molar-refractivity contribution in [3.8, 4) is 0 Å². The molecule has 0 saturated heterocycles. The van der Waals surface area contributed by atoms with E-state index in [-0.39, 0.29) is 0 Å². The van der Waals surface area contributed by atoms with Gasteiger partial charge in [-0.25, -0.2) is 17.5 Å². The molecular formula is C17H29FN2O2S. The van der Waals surface area contributed by atoms with Gasteiger partial charge >= 0.3 is 0 Å². The predicted molar refractivity (Wildman–Crippen MR) is 95.0 cm³/mol. The van der Waals surface area contributed by atoms with Gasteiger partial charge in [-0.1, -0.05) is 18.6 Å². The first-order valence-corrected chi connectivity index (χ1v) is 9.54. The lowest BCUT2D eigenvalue weighted by atomic mass is 10.1. The summed E-state index contributed by atoms with van der Waals surface area (Å²) in [7, 11) is -3.24. The number of benzene rings is 1. The van der Waals surface area contributed by atoms with Gasteiger partial charge in [0.15, 0.2) is 0 Å². The Hall–Kier alpha value is -1.14. The van der Waals surface area contributed by atoms with E-state index >= 15 is 0 Å². The van der Waals surface area contributed by atoms with Crippen molar-refractivity contribution in [2.75, 3.05) is 18.4 Å². The Balaban J connectivity index is 2.22. The summed E-state index contributed by atoms with van der Waals surface area (Å²) in [6.45, 7) is 7.89. The highest BCUT2D eigenvalue weighted by Crippen LogP contribution is 2.17. The van der Waals surface area contributed by atoms with Crippen LogP contribution in [0.1, 0.15) is 51.2 Å².